The lowest BCUT2D eigenvalue weighted by Crippen LogP contribution is -2.02. The molecule has 0 radical (unpaired) electrons. The van der Waals surface area contributed by atoms with Crippen LogP contribution < -0.4 is 15.2 Å². The zero-order valence-electron chi connectivity index (χ0n) is 15.4. The minimum Gasteiger partial charge on any atom is -0.493 e. The minimum atomic E-state index is -0.432. The molecule has 2 N–H and O–H groups in total. The number of nitrogen functional groups attached to an aromatic ring is 1. The fraction of sp³-hybridized carbons (Fsp3) is 0.158. The van der Waals surface area contributed by atoms with Crippen LogP contribution in [0.15, 0.2) is 53.8 Å². The van der Waals surface area contributed by atoms with Crippen molar-refractivity contribution in [3.05, 3.63) is 75.6 Å². The van der Waals surface area contributed by atoms with Crippen molar-refractivity contribution in [3.63, 3.8) is 0 Å². The lowest BCUT2D eigenvalue weighted by atomic mass is 10.2. The van der Waals surface area contributed by atoms with Gasteiger partial charge in [0, 0.05) is 6.07 Å². The molecule has 0 fully saturated rings. The lowest BCUT2D eigenvalue weighted by Gasteiger charge is -2.11. The minimum absolute atomic E-state index is 0.0124. The molecule has 0 spiro atoms. The van der Waals surface area contributed by atoms with Gasteiger partial charge in [-0.15, -0.1) is 0 Å². The van der Waals surface area contributed by atoms with E-state index in [-0.39, 0.29) is 12.3 Å². The maximum Gasteiger partial charge on any atom is 0.276 e. The first-order valence-corrected chi connectivity index (χ1v) is 8.37. The van der Waals surface area contributed by atoms with E-state index in [2.05, 4.69) is 10.1 Å². The number of nitrogens with zero attached hydrogens (tertiary/aromatic N) is 4. The molecule has 0 aliphatic carbocycles. The van der Waals surface area contributed by atoms with Crippen LogP contribution in [0.4, 0.5) is 11.6 Å². The smallest absolute Gasteiger partial charge is 0.276 e. The summed E-state index contributed by atoms with van der Waals surface area (Å²) in [6.07, 6.45) is 3.33. The average molecular weight is 381 g/mol. The van der Waals surface area contributed by atoms with Gasteiger partial charge in [0.25, 0.3) is 5.69 Å². The number of aromatic nitrogens is 2. The lowest BCUT2D eigenvalue weighted by molar-refractivity contribution is -0.385. The van der Waals surface area contributed by atoms with Crippen LogP contribution in [0, 0.1) is 17.0 Å². The summed E-state index contributed by atoms with van der Waals surface area (Å²) >= 11 is 0. The summed E-state index contributed by atoms with van der Waals surface area (Å²) in [4.78, 5) is 14.8. The molecule has 1 aromatic heterocycles. The van der Waals surface area contributed by atoms with Gasteiger partial charge < -0.3 is 15.2 Å². The maximum atomic E-state index is 11.1. The van der Waals surface area contributed by atoms with Crippen molar-refractivity contribution < 1.29 is 14.4 Å². The predicted molar refractivity (Wildman–Crippen MR) is 105 cm³/mol. The predicted octanol–water partition coefficient (Wildman–Crippen LogP) is 3.15. The summed E-state index contributed by atoms with van der Waals surface area (Å²) in [5, 5.41) is 15.4. The van der Waals surface area contributed by atoms with Crippen LogP contribution in [-0.4, -0.2) is 27.9 Å². The number of anilines is 1. The summed E-state index contributed by atoms with van der Waals surface area (Å²) in [6.45, 7) is 1.88. The van der Waals surface area contributed by atoms with E-state index in [1.807, 2.05) is 6.92 Å². The first-order chi connectivity index (χ1) is 13.5. The van der Waals surface area contributed by atoms with E-state index in [4.69, 9.17) is 15.2 Å². The zero-order chi connectivity index (χ0) is 20.1. The summed E-state index contributed by atoms with van der Waals surface area (Å²) in [5.74, 6) is 1.25. The standard InChI is InChI=1S/C19H19N5O4/c1-13-11-23(19(20)22-13)21-10-14-7-8-17(18(9-14)27-2)28-12-15-5-3-4-6-16(15)24(25)26/h3-11H,12H2,1-2H3,(H2,20,22). The molecule has 2 aromatic carbocycles. The van der Waals surface area contributed by atoms with Crippen molar-refractivity contribution in [3.8, 4) is 11.5 Å². The molecule has 0 saturated heterocycles. The molecule has 144 valence electrons. The SMILES string of the molecule is COc1cc(C=Nn2cc(C)nc2N)ccc1OCc1ccccc1[N+](=O)[O-]. The Bertz CT molecular complexity index is 1030. The molecule has 0 aliphatic heterocycles. The van der Waals surface area contributed by atoms with E-state index in [0.29, 0.717) is 23.0 Å². The second-order valence-electron chi connectivity index (χ2n) is 5.91. The van der Waals surface area contributed by atoms with Crippen LogP contribution in [0.25, 0.3) is 0 Å². The number of nitrogens with two attached hydrogens (primary N) is 1. The number of nitro groups is 1. The van der Waals surface area contributed by atoms with Gasteiger partial charge in [-0.1, -0.05) is 12.1 Å². The fourth-order valence-corrected chi connectivity index (χ4v) is 2.58. The van der Waals surface area contributed by atoms with Gasteiger partial charge in [0.15, 0.2) is 11.5 Å². The highest BCUT2D eigenvalue weighted by molar-refractivity contribution is 5.81. The molecule has 1 heterocycles. The number of benzene rings is 2. The molecule has 9 nitrogen and oxygen atoms in total. The van der Waals surface area contributed by atoms with E-state index in [9.17, 15) is 10.1 Å². The monoisotopic (exact) mass is 381 g/mol. The van der Waals surface area contributed by atoms with Crippen LogP contribution in [0.3, 0.4) is 0 Å². The van der Waals surface area contributed by atoms with Crippen LogP contribution >= 0.6 is 0 Å². The maximum absolute atomic E-state index is 11.1. The second-order valence-corrected chi connectivity index (χ2v) is 5.91. The number of aryl methyl sites for hydroxylation is 1. The van der Waals surface area contributed by atoms with Gasteiger partial charge in [-0.3, -0.25) is 10.1 Å². The van der Waals surface area contributed by atoms with Crippen LogP contribution in [0.5, 0.6) is 11.5 Å². The third kappa shape index (κ3) is 4.26. The van der Waals surface area contributed by atoms with Gasteiger partial charge in [-0.05, 0) is 36.8 Å². The van der Waals surface area contributed by atoms with Crippen LogP contribution in [-0.2, 0) is 6.61 Å². The Balaban J connectivity index is 1.77. The van der Waals surface area contributed by atoms with Crippen molar-refractivity contribution >= 4 is 17.9 Å². The largest absolute Gasteiger partial charge is 0.493 e. The van der Waals surface area contributed by atoms with Crippen molar-refractivity contribution in [1.29, 1.82) is 0 Å². The van der Waals surface area contributed by atoms with Crippen molar-refractivity contribution in [2.45, 2.75) is 13.5 Å². The number of para-hydroxylation sites is 1. The molecule has 0 atom stereocenters. The van der Waals surface area contributed by atoms with Gasteiger partial charge in [0.05, 0.1) is 35.7 Å². The van der Waals surface area contributed by atoms with Gasteiger partial charge in [0.2, 0.25) is 5.95 Å². The Morgan fingerprint density at radius 3 is 2.75 bits per heavy atom. The quantitative estimate of drug-likeness (QED) is 0.382. The topological polar surface area (TPSA) is 118 Å². The molecule has 9 heteroatoms. The highest BCUT2D eigenvalue weighted by Crippen LogP contribution is 2.29. The first-order valence-electron chi connectivity index (χ1n) is 8.37. The Hall–Kier alpha value is -3.88. The van der Waals surface area contributed by atoms with Crippen molar-refractivity contribution in [2.24, 2.45) is 5.10 Å². The number of imidazole rings is 1. The van der Waals surface area contributed by atoms with Gasteiger partial charge in [-0.2, -0.15) is 5.10 Å². The molecule has 0 aliphatic rings. The summed E-state index contributed by atoms with van der Waals surface area (Å²) < 4.78 is 12.6. The van der Waals surface area contributed by atoms with E-state index in [1.165, 1.54) is 17.9 Å². The zero-order valence-corrected chi connectivity index (χ0v) is 15.4. The number of hydrogen-bond acceptors (Lipinski definition) is 7. The third-order valence-corrected chi connectivity index (χ3v) is 3.93. The molecule has 3 rings (SSSR count). The number of nitro benzene ring substituents is 1. The summed E-state index contributed by atoms with van der Waals surface area (Å²) in [6, 6.07) is 11.7. The highest BCUT2D eigenvalue weighted by atomic mass is 16.6. The second kappa shape index (κ2) is 8.21. The molecule has 28 heavy (non-hydrogen) atoms. The fourth-order valence-electron chi connectivity index (χ4n) is 2.58. The van der Waals surface area contributed by atoms with Crippen LogP contribution in [0.2, 0.25) is 0 Å². The number of rotatable bonds is 7. The van der Waals surface area contributed by atoms with E-state index >= 15 is 0 Å². The van der Waals surface area contributed by atoms with E-state index < -0.39 is 4.92 Å². The molecular formula is C19H19N5O4. The number of hydrogen-bond donors (Lipinski definition) is 1. The van der Waals surface area contributed by atoms with Crippen LogP contribution in [0.1, 0.15) is 16.8 Å². The molecular weight excluding hydrogens is 362 g/mol. The van der Waals surface area contributed by atoms with Gasteiger partial charge >= 0.3 is 0 Å². The van der Waals surface area contributed by atoms with Gasteiger partial charge in [0.1, 0.15) is 6.61 Å². The molecule has 0 saturated carbocycles. The molecule has 0 bridgehead atoms. The Kier molecular flexibility index (Phi) is 5.54. The molecule has 0 amide bonds. The van der Waals surface area contributed by atoms with Gasteiger partial charge in [-0.25, -0.2) is 9.66 Å². The normalized spacial score (nSPS) is 10.9. The van der Waals surface area contributed by atoms with Crippen molar-refractivity contribution in [1.82, 2.24) is 9.66 Å². The Morgan fingerprint density at radius 2 is 2.07 bits per heavy atom. The molecule has 0 unspecified atom stereocenters. The average Bonchev–Trinajstić information content (AvgIpc) is 3.02. The van der Waals surface area contributed by atoms with E-state index in [1.54, 1.807) is 48.8 Å². The number of methoxy groups -OCH3 is 1. The Morgan fingerprint density at radius 1 is 1.29 bits per heavy atom. The Labute approximate surface area is 161 Å². The summed E-state index contributed by atoms with van der Waals surface area (Å²) in [7, 11) is 1.52. The third-order valence-electron chi connectivity index (χ3n) is 3.93. The summed E-state index contributed by atoms with van der Waals surface area (Å²) in [5.41, 5.74) is 7.78. The highest BCUT2D eigenvalue weighted by Gasteiger charge is 2.14. The first kappa shape index (κ1) is 18.9. The molecule has 3 aromatic rings. The number of ether oxygens (including phenoxy) is 2. The van der Waals surface area contributed by atoms with Crippen molar-refractivity contribution in [2.75, 3.05) is 12.8 Å². The van der Waals surface area contributed by atoms with E-state index in [0.717, 1.165) is 11.3 Å².